The van der Waals surface area contributed by atoms with Crippen molar-refractivity contribution in [1.82, 2.24) is 4.98 Å². The van der Waals surface area contributed by atoms with Crippen molar-refractivity contribution < 1.29 is 4.74 Å². The van der Waals surface area contributed by atoms with E-state index in [0.717, 1.165) is 25.5 Å². The normalized spacial score (nSPS) is 19.7. The molecule has 0 spiro atoms. The average Bonchev–Trinajstić information content (AvgIpc) is 2.81. The molecule has 0 aromatic carbocycles. The molecule has 1 unspecified atom stereocenters. The third-order valence-electron chi connectivity index (χ3n) is 2.83. The van der Waals surface area contributed by atoms with E-state index >= 15 is 0 Å². The number of nitrogen functional groups attached to an aromatic ring is 1. The quantitative estimate of drug-likeness (QED) is 0.577. The molecule has 86 valence electrons. The molecule has 1 aliphatic rings. The van der Waals surface area contributed by atoms with Crippen molar-refractivity contribution in [2.45, 2.75) is 12.5 Å². The molecule has 0 amide bonds. The zero-order chi connectivity index (χ0) is 11.5. The van der Waals surface area contributed by atoms with Gasteiger partial charge < -0.3 is 15.4 Å². The molecule has 1 aliphatic heterocycles. The predicted molar refractivity (Wildman–Crippen MR) is 62.9 cm³/mol. The molecule has 1 saturated heterocycles. The highest BCUT2D eigenvalue weighted by Gasteiger charge is 2.21. The lowest BCUT2D eigenvalue weighted by atomic mass is 10.2. The molecule has 1 aromatic heterocycles. The SMILES string of the molecule is CN(c1cccc(C(=N)N)n1)C1CCOC1. The van der Waals surface area contributed by atoms with Gasteiger partial charge in [-0.05, 0) is 18.6 Å². The molecule has 0 aliphatic carbocycles. The number of pyridine rings is 1. The summed E-state index contributed by atoms with van der Waals surface area (Å²) in [5, 5.41) is 7.35. The summed E-state index contributed by atoms with van der Waals surface area (Å²) >= 11 is 0. The van der Waals surface area contributed by atoms with Crippen LogP contribution in [0.1, 0.15) is 12.1 Å². The summed E-state index contributed by atoms with van der Waals surface area (Å²) in [5.41, 5.74) is 5.93. The summed E-state index contributed by atoms with van der Waals surface area (Å²) < 4.78 is 5.34. The summed E-state index contributed by atoms with van der Waals surface area (Å²) in [6.07, 6.45) is 1.02. The topological polar surface area (TPSA) is 75.2 Å². The summed E-state index contributed by atoms with van der Waals surface area (Å²) in [5.74, 6) is 0.834. The lowest BCUT2D eigenvalue weighted by Crippen LogP contribution is -2.32. The van der Waals surface area contributed by atoms with Gasteiger partial charge in [-0.2, -0.15) is 0 Å². The van der Waals surface area contributed by atoms with Gasteiger partial charge in [-0.1, -0.05) is 6.07 Å². The fourth-order valence-electron chi connectivity index (χ4n) is 1.78. The zero-order valence-electron chi connectivity index (χ0n) is 9.31. The van der Waals surface area contributed by atoms with Crippen molar-refractivity contribution in [3.63, 3.8) is 0 Å². The molecule has 0 saturated carbocycles. The molecule has 1 aromatic rings. The average molecular weight is 220 g/mol. The van der Waals surface area contributed by atoms with Crippen LogP contribution in [-0.4, -0.2) is 37.1 Å². The fourth-order valence-corrected chi connectivity index (χ4v) is 1.78. The first-order valence-electron chi connectivity index (χ1n) is 5.30. The van der Waals surface area contributed by atoms with Crippen LogP contribution >= 0.6 is 0 Å². The lowest BCUT2D eigenvalue weighted by molar-refractivity contribution is 0.193. The standard InChI is InChI=1S/C11H16N4O/c1-15(8-5-6-16-7-8)10-4-2-3-9(14-10)11(12)13/h2-4,8H,5-7H2,1H3,(H3,12,13). The van der Waals surface area contributed by atoms with Gasteiger partial charge in [-0.15, -0.1) is 0 Å². The third-order valence-corrected chi connectivity index (χ3v) is 2.83. The van der Waals surface area contributed by atoms with E-state index < -0.39 is 0 Å². The lowest BCUT2D eigenvalue weighted by Gasteiger charge is -2.24. The summed E-state index contributed by atoms with van der Waals surface area (Å²) in [6.45, 7) is 1.55. The highest BCUT2D eigenvalue weighted by molar-refractivity contribution is 5.93. The second-order valence-electron chi connectivity index (χ2n) is 3.92. The van der Waals surface area contributed by atoms with E-state index in [1.807, 2.05) is 19.2 Å². The van der Waals surface area contributed by atoms with Crippen molar-refractivity contribution in [1.29, 1.82) is 5.41 Å². The van der Waals surface area contributed by atoms with Crippen LogP contribution in [0.15, 0.2) is 18.2 Å². The number of anilines is 1. The number of ether oxygens (including phenoxy) is 1. The molecule has 5 nitrogen and oxygen atoms in total. The Hall–Kier alpha value is -1.62. The molecule has 1 fully saturated rings. The van der Waals surface area contributed by atoms with Crippen molar-refractivity contribution in [2.24, 2.45) is 5.73 Å². The van der Waals surface area contributed by atoms with Gasteiger partial charge in [0.25, 0.3) is 0 Å². The van der Waals surface area contributed by atoms with Gasteiger partial charge in [-0.3, -0.25) is 5.41 Å². The van der Waals surface area contributed by atoms with E-state index in [1.54, 1.807) is 6.07 Å². The molecule has 16 heavy (non-hydrogen) atoms. The molecule has 0 radical (unpaired) electrons. The molecular weight excluding hydrogens is 204 g/mol. The molecular formula is C11H16N4O. The van der Waals surface area contributed by atoms with Crippen LogP contribution in [0.3, 0.4) is 0 Å². The van der Waals surface area contributed by atoms with Gasteiger partial charge in [0.1, 0.15) is 17.3 Å². The molecule has 2 heterocycles. The van der Waals surface area contributed by atoms with Gasteiger partial charge in [0.15, 0.2) is 0 Å². The largest absolute Gasteiger partial charge is 0.382 e. The van der Waals surface area contributed by atoms with Crippen molar-refractivity contribution in [3.8, 4) is 0 Å². The second-order valence-corrected chi connectivity index (χ2v) is 3.92. The van der Waals surface area contributed by atoms with Crippen molar-refractivity contribution in [2.75, 3.05) is 25.2 Å². The summed E-state index contributed by atoms with van der Waals surface area (Å²) in [4.78, 5) is 6.42. The van der Waals surface area contributed by atoms with Crippen molar-refractivity contribution >= 4 is 11.7 Å². The Morgan fingerprint density at radius 1 is 1.62 bits per heavy atom. The van der Waals surface area contributed by atoms with E-state index in [0.29, 0.717) is 11.7 Å². The maximum atomic E-state index is 7.35. The van der Waals surface area contributed by atoms with Gasteiger partial charge >= 0.3 is 0 Å². The van der Waals surface area contributed by atoms with Gasteiger partial charge in [0.05, 0.1) is 12.6 Å². The van der Waals surface area contributed by atoms with Crippen LogP contribution in [0.2, 0.25) is 0 Å². The zero-order valence-corrected chi connectivity index (χ0v) is 9.31. The predicted octanol–water partition coefficient (Wildman–Crippen LogP) is 0.591. The van der Waals surface area contributed by atoms with E-state index in [1.165, 1.54) is 0 Å². The van der Waals surface area contributed by atoms with E-state index in [9.17, 15) is 0 Å². The van der Waals surface area contributed by atoms with E-state index in [4.69, 9.17) is 15.9 Å². The van der Waals surface area contributed by atoms with Crippen LogP contribution in [0.25, 0.3) is 0 Å². The number of aromatic nitrogens is 1. The van der Waals surface area contributed by atoms with E-state index in [-0.39, 0.29) is 5.84 Å². The van der Waals surface area contributed by atoms with Gasteiger partial charge in [0, 0.05) is 13.7 Å². The Morgan fingerprint density at radius 2 is 2.44 bits per heavy atom. The van der Waals surface area contributed by atoms with Crippen LogP contribution in [-0.2, 0) is 4.74 Å². The monoisotopic (exact) mass is 220 g/mol. The van der Waals surface area contributed by atoms with Crippen LogP contribution in [0.4, 0.5) is 5.82 Å². The molecule has 3 N–H and O–H groups in total. The van der Waals surface area contributed by atoms with Crippen LogP contribution < -0.4 is 10.6 Å². The maximum Gasteiger partial charge on any atom is 0.141 e. The highest BCUT2D eigenvalue weighted by atomic mass is 16.5. The van der Waals surface area contributed by atoms with Gasteiger partial charge in [-0.25, -0.2) is 4.98 Å². The summed E-state index contributed by atoms with van der Waals surface area (Å²) in [6, 6.07) is 5.90. The molecule has 0 bridgehead atoms. The van der Waals surface area contributed by atoms with E-state index in [2.05, 4.69) is 9.88 Å². The number of nitrogens with zero attached hydrogens (tertiary/aromatic N) is 2. The Morgan fingerprint density at radius 3 is 3.06 bits per heavy atom. The second kappa shape index (κ2) is 4.49. The number of hydrogen-bond acceptors (Lipinski definition) is 4. The van der Waals surface area contributed by atoms with Crippen LogP contribution in [0, 0.1) is 5.41 Å². The highest BCUT2D eigenvalue weighted by Crippen LogP contribution is 2.18. The smallest absolute Gasteiger partial charge is 0.141 e. The Kier molecular flexibility index (Phi) is 3.05. The molecule has 1 atom stereocenters. The molecule has 2 rings (SSSR count). The first-order valence-corrected chi connectivity index (χ1v) is 5.30. The Balaban J connectivity index is 2.18. The minimum atomic E-state index is -0.00192. The Bertz CT molecular complexity index is 387. The Labute approximate surface area is 94.7 Å². The number of rotatable bonds is 3. The number of amidine groups is 1. The number of hydrogen-bond donors (Lipinski definition) is 2. The fraction of sp³-hybridized carbons (Fsp3) is 0.455. The first-order chi connectivity index (χ1) is 7.68. The first kappa shape index (κ1) is 10.9. The van der Waals surface area contributed by atoms with Gasteiger partial charge in [0.2, 0.25) is 0 Å². The minimum absolute atomic E-state index is 0.00192. The molecule has 5 heteroatoms. The number of likely N-dealkylation sites (N-methyl/N-ethyl adjacent to an activating group) is 1. The third kappa shape index (κ3) is 2.14. The maximum absolute atomic E-state index is 7.35. The number of nitrogens with two attached hydrogens (primary N) is 1. The van der Waals surface area contributed by atoms with Crippen molar-refractivity contribution in [3.05, 3.63) is 23.9 Å². The number of nitrogens with one attached hydrogen (secondary N) is 1. The van der Waals surface area contributed by atoms with Crippen LogP contribution in [0.5, 0.6) is 0 Å². The minimum Gasteiger partial charge on any atom is -0.382 e. The summed E-state index contributed by atoms with van der Waals surface area (Å²) in [7, 11) is 1.99.